The van der Waals surface area contributed by atoms with E-state index in [4.69, 9.17) is 15.6 Å². The van der Waals surface area contributed by atoms with Crippen LogP contribution in [0.3, 0.4) is 0 Å². The van der Waals surface area contributed by atoms with Gasteiger partial charge in [-0.3, -0.25) is 0 Å². The topological polar surface area (TPSA) is 55.5 Å². The van der Waals surface area contributed by atoms with Crippen LogP contribution >= 0.6 is 0 Å². The summed E-state index contributed by atoms with van der Waals surface area (Å²) >= 11 is 0. The SMILES string of the molecule is NCC(CCO)C1=CCCO1. The number of rotatable bonds is 4. The molecule has 1 rings (SSSR count). The minimum atomic E-state index is 0.183. The molecule has 0 spiro atoms. The summed E-state index contributed by atoms with van der Waals surface area (Å²) in [6.07, 6.45) is 3.76. The lowest BCUT2D eigenvalue weighted by Gasteiger charge is -2.14. The second kappa shape index (κ2) is 4.36. The van der Waals surface area contributed by atoms with Gasteiger partial charge >= 0.3 is 0 Å². The van der Waals surface area contributed by atoms with Crippen LogP contribution in [0.4, 0.5) is 0 Å². The van der Waals surface area contributed by atoms with Crippen molar-refractivity contribution >= 4 is 0 Å². The van der Waals surface area contributed by atoms with E-state index in [-0.39, 0.29) is 12.5 Å². The molecule has 0 saturated heterocycles. The van der Waals surface area contributed by atoms with E-state index < -0.39 is 0 Å². The first-order valence-corrected chi connectivity index (χ1v) is 4.02. The van der Waals surface area contributed by atoms with Crippen LogP contribution in [0.5, 0.6) is 0 Å². The number of hydrogen-bond donors (Lipinski definition) is 2. The fraction of sp³-hybridized carbons (Fsp3) is 0.750. The molecule has 0 aromatic heterocycles. The van der Waals surface area contributed by atoms with E-state index in [2.05, 4.69) is 6.08 Å². The number of ether oxygens (including phenoxy) is 1. The predicted molar refractivity (Wildman–Crippen MR) is 42.9 cm³/mol. The molecule has 0 aromatic rings. The first-order chi connectivity index (χ1) is 5.38. The van der Waals surface area contributed by atoms with Gasteiger partial charge in [-0.15, -0.1) is 0 Å². The number of aliphatic hydroxyl groups is 1. The van der Waals surface area contributed by atoms with E-state index >= 15 is 0 Å². The Kier molecular flexibility index (Phi) is 3.39. The summed E-state index contributed by atoms with van der Waals surface area (Å²) in [5.74, 6) is 1.20. The minimum Gasteiger partial charge on any atom is -0.498 e. The Labute approximate surface area is 66.8 Å². The highest BCUT2D eigenvalue weighted by atomic mass is 16.5. The zero-order valence-corrected chi connectivity index (χ0v) is 6.62. The van der Waals surface area contributed by atoms with Crippen LogP contribution < -0.4 is 5.73 Å². The maximum Gasteiger partial charge on any atom is 0.0965 e. The van der Waals surface area contributed by atoms with Gasteiger partial charge in [-0.05, 0) is 12.5 Å². The maximum atomic E-state index is 8.69. The maximum absolute atomic E-state index is 8.69. The van der Waals surface area contributed by atoms with Crippen molar-refractivity contribution in [3.8, 4) is 0 Å². The van der Waals surface area contributed by atoms with Crippen LogP contribution in [0.2, 0.25) is 0 Å². The third kappa shape index (κ3) is 2.20. The lowest BCUT2D eigenvalue weighted by molar-refractivity contribution is 0.186. The molecule has 3 nitrogen and oxygen atoms in total. The second-order valence-electron chi connectivity index (χ2n) is 2.69. The molecule has 0 saturated carbocycles. The van der Waals surface area contributed by atoms with Crippen LogP contribution in [0.25, 0.3) is 0 Å². The Hall–Kier alpha value is -0.540. The van der Waals surface area contributed by atoms with Crippen LogP contribution in [0.1, 0.15) is 12.8 Å². The smallest absolute Gasteiger partial charge is 0.0965 e. The minimum absolute atomic E-state index is 0.183. The molecule has 11 heavy (non-hydrogen) atoms. The van der Waals surface area contributed by atoms with E-state index in [0.717, 1.165) is 18.8 Å². The van der Waals surface area contributed by atoms with Gasteiger partial charge in [-0.2, -0.15) is 0 Å². The highest BCUT2D eigenvalue weighted by molar-refractivity contribution is 5.03. The van der Waals surface area contributed by atoms with Crippen molar-refractivity contribution in [3.63, 3.8) is 0 Å². The van der Waals surface area contributed by atoms with Crippen LogP contribution in [-0.2, 0) is 4.74 Å². The number of hydrogen-bond acceptors (Lipinski definition) is 3. The molecule has 1 unspecified atom stereocenters. The molecule has 0 radical (unpaired) electrons. The van der Waals surface area contributed by atoms with Gasteiger partial charge in [0.15, 0.2) is 0 Å². The Bertz CT molecular complexity index is 145. The fourth-order valence-corrected chi connectivity index (χ4v) is 1.25. The van der Waals surface area contributed by atoms with Gasteiger partial charge in [0, 0.05) is 25.5 Å². The van der Waals surface area contributed by atoms with Crippen molar-refractivity contribution in [2.75, 3.05) is 19.8 Å². The molecule has 1 heterocycles. The lowest BCUT2D eigenvalue weighted by atomic mass is 10.0. The first kappa shape index (κ1) is 8.56. The average Bonchev–Trinajstić information content (AvgIpc) is 2.52. The molecule has 0 bridgehead atoms. The van der Waals surface area contributed by atoms with E-state index in [9.17, 15) is 0 Å². The summed E-state index contributed by atoms with van der Waals surface area (Å²) < 4.78 is 5.33. The zero-order valence-electron chi connectivity index (χ0n) is 6.62. The molecule has 0 amide bonds. The highest BCUT2D eigenvalue weighted by Crippen LogP contribution is 2.20. The molecular formula is C8H15NO2. The molecule has 3 N–H and O–H groups in total. The summed E-state index contributed by atoms with van der Waals surface area (Å²) in [5.41, 5.74) is 5.51. The van der Waals surface area contributed by atoms with E-state index in [0.29, 0.717) is 13.0 Å². The largest absolute Gasteiger partial charge is 0.498 e. The summed E-state index contributed by atoms with van der Waals surface area (Å²) in [7, 11) is 0. The number of nitrogens with two attached hydrogens (primary N) is 1. The Morgan fingerprint density at radius 2 is 2.55 bits per heavy atom. The number of aliphatic hydroxyl groups excluding tert-OH is 1. The molecule has 1 aliphatic rings. The van der Waals surface area contributed by atoms with E-state index in [1.807, 2.05) is 0 Å². The van der Waals surface area contributed by atoms with Crippen LogP contribution in [0, 0.1) is 5.92 Å². The first-order valence-electron chi connectivity index (χ1n) is 4.02. The third-order valence-electron chi connectivity index (χ3n) is 1.90. The molecule has 0 fully saturated rings. The van der Waals surface area contributed by atoms with Crippen molar-refractivity contribution in [2.45, 2.75) is 12.8 Å². The van der Waals surface area contributed by atoms with Gasteiger partial charge in [0.25, 0.3) is 0 Å². The predicted octanol–water partition coefficient (Wildman–Crippen LogP) is 0.248. The monoisotopic (exact) mass is 157 g/mol. The average molecular weight is 157 g/mol. The quantitative estimate of drug-likeness (QED) is 0.615. The van der Waals surface area contributed by atoms with Crippen LogP contribution in [-0.4, -0.2) is 24.9 Å². The van der Waals surface area contributed by atoms with Gasteiger partial charge in [0.1, 0.15) is 0 Å². The summed E-state index contributed by atoms with van der Waals surface area (Å²) in [4.78, 5) is 0. The third-order valence-corrected chi connectivity index (χ3v) is 1.90. The molecule has 1 atom stereocenters. The van der Waals surface area contributed by atoms with Crippen molar-refractivity contribution < 1.29 is 9.84 Å². The normalized spacial score (nSPS) is 19.3. The standard InChI is InChI=1S/C8H15NO2/c9-6-7(3-4-10)8-2-1-5-11-8/h2,7,10H,1,3-6,9H2. The summed E-state index contributed by atoms with van der Waals surface area (Å²) in [5, 5.41) is 8.69. The Morgan fingerprint density at radius 1 is 1.73 bits per heavy atom. The van der Waals surface area contributed by atoms with E-state index in [1.54, 1.807) is 0 Å². The Balaban J connectivity index is 2.40. The van der Waals surface area contributed by atoms with Gasteiger partial charge in [-0.25, -0.2) is 0 Å². The Morgan fingerprint density at radius 3 is 3.00 bits per heavy atom. The second-order valence-corrected chi connectivity index (χ2v) is 2.69. The summed E-state index contributed by atoms with van der Waals surface area (Å²) in [6.45, 7) is 1.52. The van der Waals surface area contributed by atoms with Crippen molar-refractivity contribution in [1.82, 2.24) is 0 Å². The molecule has 3 heteroatoms. The highest BCUT2D eigenvalue weighted by Gasteiger charge is 2.16. The van der Waals surface area contributed by atoms with Crippen molar-refractivity contribution in [3.05, 3.63) is 11.8 Å². The molecule has 64 valence electrons. The fourth-order valence-electron chi connectivity index (χ4n) is 1.25. The van der Waals surface area contributed by atoms with Gasteiger partial charge in [-0.1, -0.05) is 0 Å². The van der Waals surface area contributed by atoms with Gasteiger partial charge < -0.3 is 15.6 Å². The molecule has 1 aliphatic heterocycles. The molecule has 0 aromatic carbocycles. The van der Waals surface area contributed by atoms with Gasteiger partial charge in [0.2, 0.25) is 0 Å². The summed E-state index contributed by atoms with van der Waals surface area (Å²) in [6, 6.07) is 0. The molecular weight excluding hydrogens is 142 g/mol. The van der Waals surface area contributed by atoms with Gasteiger partial charge in [0.05, 0.1) is 12.4 Å². The van der Waals surface area contributed by atoms with E-state index in [1.165, 1.54) is 0 Å². The lowest BCUT2D eigenvalue weighted by Crippen LogP contribution is -2.18. The van der Waals surface area contributed by atoms with Crippen molar-refractivity contribution in [2.24, 2.45) is 11.7 Å². The van der Waals surface area contributed by atoms with Crippen LogP contribution in [0.15, 0.2) is 11.8 Å². The molecule has 0 aliphatic carbocycles. The van der Waals surface area contributed by atoms with Crippen molar-refractivity contribution in [1.29, 1.82) is 0 Å². The zero-order chi connectivity index (χ0) is 8.10.